The summed E-state index contributed by atoms with van der Waals surface area (Å²) in [6, 6.07) is 0. The summed E-state index contributed by atoms with van der Waals surface area (Å²) in [5.74, 6) is -0.689. The predicted molar refractivity (Wildman–Crippen MR) is 109 cm³/mol. The molecular formula is C15H24N2O11P2S. The molecule has 0 radical (unpaired) electrons. The average Bonchev–Trinajstić information content (AvgIpc) is 3.37. The highest BCUT2D eigenvalue weighted by atomic mass is 32.5. The molecule has 1 aliphatic heterocycles. The zero-order chi connectivity index (χ0) is 23.1. The van der Waals surface area contributed by atoms with E-state index in [1.54, 1.807) is 0 Å². The summed E-state index contributed by atoms with van der Waals surface area (Å²) in [4.78, 5) is 64.8. The van der Waals surface area contributed by atoms with Gasteiger partial charge in [0.05, 0.1) is 25.0 Å². The molecule has 0 amide bonds. The maximum atomic E-state index is 12.4. The van der Waals surface area contributed by atoms with Gasteiger partial charge in [-0.2, -0.15) is 0 Å². The standard InChI is InChI=1S/C15H24N2O11P2S/c1-7-6-17(15(19)16-13(7)18)14-12(26-4-3-25-2)11(28-30(23,24)31)10(27-14)8-5-9(8)29(20,21)22/h6,8-12,14H,3-5H2,1-2H3,(H,16,18,19)(H2,20,21,22)(H2,23,24,31). The molecule has 31 heavy (non-hydrogen) atoms. The molecule has 1 aromatic rings. The van der Waals surface area contributed by atoms with E-state index in [-0.39, 0.29) is 25.2 Å². The van der Waals surface area contributed by atoms with Crippen molar-refractivity contribution in [3.05, 3.63) is 32.6 Å². The van der Waals surface area contributed by atoms with Gasteiger partial charge in [-0.1, -0.05) is 0 Å². The SMILES string of the molecule is COCCOC1C(OP(O)(O)=S)C(C2CC2P(=O)(O)O)OC1n1cc(C)c(=O)[nH]c1=O. The first-order valence-corrected chi connectivity index (χ1v) is 13.5. The number of methoxy groups -OCH3 is 1. The normalized spacial score (nSPS) is 31.2. The van der Waals surface area contributed by atoms with Crippen molar-refractivity contribution in [1.29, 1.82) is 0 Å². The topological polar surface area (TPSA) is 190 Å². The van der Waals surface area contributed by atoms with Crippen LogP contribution in [0.1, 0.15) is 18.2 Å². The van der Waals surface area contributed by atoms with Crippen LogP contribution in [-0.4, -0.2) is 73.4 Å². The molecule has 1 aromatic heterocycles. The molecule has 1 saturated carbocycles. The molecule has 16 heteroatoms. The lowest BCUT2D eigenvalue weighted by Crippen LogP contribution is -2.41. The van der Waals surface area contributed by atoms with Gasteiger partial charge in [0, 0.05) is 24.8 Å². The summed E-state index contributed by atoms with van der Waals surface area (Å²) in [5, 5.41) is 0. The number of nitrogens with one attached hydrogen (secondary N) is 1. The number of hydrogen-bond acceptors (Lipinski definition) is 8. The molecular weight excluding hydrogens is 478 g/mol. The van der Waals surface area contributed by atoms with Crippen LogP contribution in [0.4, 0.5) is 0 Å². The van der Waals surface area contributed by atoms with E-state index in [0.29, 0.717) is 0 Å². The third-order valence-corrected chi connectivity index (χ3v) is 7.39. The number of ether oxygens (including phenoxy) is 3. The van der Waals surface area contributed by atoms with Crippen molar-refractivity contribution in [2.75, 3.05) is 20.3 Å². The quantitative estimate of drug-likeness (QED) is 0.203. The Bertz CT molecular complexity index is 1020. The molecule has 1 saturated heterocycles. The number of H-pyrrole nitrogens is 1. The molecule has 0 aromatic carbocycles. The van der Waals surface area contributed by atoms with Crippen LogP contribution >= 0.6 is 14.3 Å². The largest absolute Gasteiger partial charge is 0.382 e. The van der Waals surface area contributed by atoms with Crippen LogP contribution in [0.5, 0.6) is 0 Å². The van der Waals surface area contributed by atoms with E-state index in [1.165, 1.54) is 20.2 Å². The summed E-state index contributed by atoms with van der Waals surface area (Å²) in [6.45, 7) is -2.61. The fourth-order valence-electron chi connectivity index (χ4n) is 3.67. The first-order chi connectivity index (χ1) is 14.3. The van der Waals surface area contributed by atoms with Gasteiger partial charge in [0.15, 0.2) is 6.23 Å². The maximum absolute atomic E-state index is 12.4. The molecule has 2 heterocycles. The number of aryl methyl sites for hydroxylation is 1. The minimum absolute atomic E-state index is 0.0109. The molecule has 6 atom stereocenters. The number of aromatic nitrogens is 2. The van der Waals surface area contributed by atoms with Gasteiger partial charge in [0.1, 0.15) is 12.2 Å². The number of hydrogen-bond donors (Lipinski definition) is 5. The molecule has 5 N–H and O–H groups in total. The monoisotopic (exact) mass is 502 g/mol. The van der Waals surface area contributed by atoms with Crippen LogP contribution in [0.3, 0.4) is 0 Å². The van der Waals surface area contributed by atoms with Gasteiger partial charge >= 0.3 is 20.0 Å². The van der Waals surface area contributed by atoms with Crippen molar-refractivity contribution >= 4 is 26.1 Å². The fourth-order valence-corrected chi connectivity index (χ4v) is 5.71. The third kappa shape index (κ3) is 5.79. The molecule has 0 bridgehead atoms. The summed E-state index contributed by atoms with van der Waals surface area (Å²) in [7, 11) is -2.99. The summed E-state index contributed by atoms with van der Waals surface area (Å²) in [6.07, 6.45) is -3.28. The van der Waals surface area contributed by atoms with Crippen molar-refractivity contribution < 1.29 is 42.9 Å². The second-order valence-corrected chi connectivity index (χ2v) is 11.9. The molecule has 176 valence electrons. The average molecular weight is 502 g/mol. The Kier molecular flexibility index (Phi) is 7.41. The molecule has 1 aliphatic carbocycles. The van der Waals surface area contributed by atoms with Crippen LogP contribution < -0.4 is 11.2 Å². The lowest BCUT2D eigenvalue weighted by Gasteiger charge is -2.26. The molecule has 2 aliphatic rings. The highest BCUT2D eigenvalue weighted by molar-refractivity contribution is 8.06. The molecule has 3 rings (SSSR count). The second kappa shape index (κ2) is 9.24. The van der Waals surface area contributed by atoms with E-state index < -0.39 is 61.7 Å². The predicted octanol–water partition coefficient (Wildman–Crippen LogP) is -1.07. The lowest BCUT2D eigenvalue weighted by molar-refractivity contribution is -0.0795. The Hall–Kier alpha value is -0.760. The van der Waals surface area contributed by atoms with Crippen molar-refractivity contribution in [2.24, 2.45) is 5.92 Å². The van der Waals surface area contributed by atoms with Gasteiger partial charge in [-0.15, -0.1) is 0 Å². The zero-order valence-corrected chi connectivity index (χ0v) is 19.2. The van der Waals surface area contributed by atoms with Crippen molar-refractivity contribution in [1.82, 2.24) is 9.55 Å². The minimum Gasteiger partial charge on any atom is -0.382 e. The Morgan fingerprint density at radius 3 is 2.48 bits per heavy atom. The number of nitrogens with zero attached hydrogens (tertiary/aromatic N) is 1. The third-order valence-electron chi connectivity index (χ3n) is 5.16. The van der Waals surface area contributed by atoms with Gasteiger partial charge in [0.25, 0.3) is 5.56 Å². The van der Waals surface area contributed by atoms with Gasteiger partial charge in [-0.3, -0.25) is 23.4 Å². The smallest absolute Gasteiger partial charge is 0.330 e. The van der Waals surface area contributed by atoms with Gasteiger partial charge in [-0.05, 0) is 25.2 Å². The molecule has 0 spiro atoms. The van der Waals surface area contributed by atoms with Crippen molar-refractivity contribution in [3.63, 3.8) is 0 Å². The summed E-state index contributed by atoms with van der Waals surface area (Å²) >= 11 is 4.59. The Labute approximate surface area is 181 Å². The zero-order valence-electron chi connectivity index (χ0n) is 16.6. The molecule has 13 nitrogen and oxygen atoms in total. The second-order valence-electron chi connectivity index (χ2n) is 7.41. The van der Waals surface area contributed by atoms with E-state index >= 15 is 0 Å². The van der Waals surface area contributed by atoms with Crippen LogP contribution in [0.15, 0.2) is 15.8 Å². The van der Waals surface area contributed by atoms with E-state index in [1.807, 2.05) is 0 Å². The van der Waals surface area contributed by atoms with Crippen LogP contribution in [-0.2, 0) is 35.1 Å². The molecule has 2 fully saturated rings. The van der Waals surface area contributed by atoms with Crippen LogP contribution in [0.25, 0.3) is 0 Å². The highest BCUT2D eigenvalue weighted by Crippen LogP contribution is 2.62. The van der Waals surface area contributed by atoms with Gasteiger partial charge < -0.3 is 33.8 Å². The maximum Gasteiger partial charge on any atom is 0.330 e. The summed E-state index contributed by atoms with van der Waals surface area (Å²) < 4.78 is 34.6. The Morgan fingerprint density at radius 1 is 1.26 bits per heavy atom. The Balaban J connectivity index is 2.01. The first kappa shape index (κ1) is 24.9. The van der Waals surface area contributed by atoms with Gasteiger partial charge in [0.2, 0.25) is 0 Å². The van der Waals surface area contributed by atoms with E-state index in [2.05, 4.69) is 16.8 Å². The fraction of sp³-hybridized carbons (Fsp3) is 0.733. The van der Waals surface area contributed by atoms with E-state index in [4.69, 9.17) is 18.7 Å². The lowest BCUT2D eigenvalue weighted by atomic mass is 10.1. The van der Waals surface area contributed by atoms with Crippen molar-refractivity contribution in [2.45, 2.75) is 43.5 Å². The van der Waals surface area contributed by atoms with Crippen LogP contribution in [0, 0.1) is 12.8 Å². The number of rotatable bonds is 9. The summed E-state index contributed by atoms with van der Waals surface area (Å²) in [5.41, 5.74) is -2.21. The van der Waals surface area contributed by atoms with Gasteiger partial charge in [-0.25, -0.2) is 4.79 Å². The minimum atomic E-state index is -4.43. The highest BCUT2D eigenvalue weighted by Gasteiger charge is 2.62. The van der Waals surface area contributed by atoms with Crippen LogP contribution in [0.2, 0.25) is 0 Å². The van der Waals surface area contributed by atoms with Crippen molar-refractivity contribution in [3.8, 4) is 0 Å². The van der Waals surface area contributed by atoms with E-state index in [0.717, 1.165) is 4.57 Å². The van der Waals surface area contributed by atoms with E-state index in [9.17, 15) is 33.7 Å². The number of aromatic amines is 1. The first-order valence-electron chi connectivity index (χ1n) is 9.20. The molecule has 6 unspecified atom stereocenters. The Morgan fingerprint density at radius 2 is 1.94 bits per heavy atom.